The van der Waals surface area contributed by atoms with Crippen molar-refractivity contribution in [2.24, 2.45) is 33.4 Å². The number of amides is 1. The Morgan fingerprint density at radius 3 is 2.50 bits per heavy atom. The minimum Gasteiger partial charge on any atom is -0.493 e. The maximum absolute atomic E-state index is 12.6. The third-order valence-corrected chi connectivity index (χ3v) is 6.90. The quantitative estimate of drug-likeness (QED) is 0.674. The first-order valence-corrected chi connectivity index (χ1v) is 9.82. The zero-order valence-electron chi connectivity index (χ0n) is 14.5. The van der Waals surface area contributed by atoms with E-state index in [0.29, 0.717) is 16.8 Å². The summed E-state index contributed by atoms with van der Waals surface area (Å²) in [5, 5.41) is 19.3. The number of aromatic amines is 1. The molecule has 1 amide bonds. The molecular formula is C20H22ClN3O2. The molecule has 6 rings (SSSR count). The molecule has 2 N–H and O–H groups in total. The number of nitrogens with zero attached hydrogens (tertiary/aromatic N) is 2. The first-order chi connectivity index (χ1) is 12.5. The average Bonchev–Trinajstić information content (AvgIpc) is 2.86. The standard InChI is InChI=1S/C20H22ClN3O2/c21-14-1-2-16-15(6-14)18(19(26)22-16)24-23-17(25)10-20-7-11-3-12(8-20)5-13(4-11)9-20/h1-2,6,11-13,22,26H,3-5,7-10H2. The van der Waals surface area contributed by atoms with Gasteiger partial charge in [-0.15, -0.1) is 10.2 Å². The Bertz CT molecular complexity index is 882. The van der Waals surface area contributed by atoms with E-state index in [2.05, 4.69) is 15.2 Å². The van der Waals surface area contributed by atoms with Crippen LogP contribution >= 0.6 is 11.6 Å². The van der Waals surface area contributed by atoms with Gasteiger partial charge < -0.3 is 10.1 Å². The molecule has 2 aromatic rings. The molecule has 4 fully saturated rings. The SMILES string of the molecule is O=C(CC12CC3CC(CC(C3)C1)C2)N=Nc1c(O)[nH]c2ccc(Cl)cc12. The number of H-pyrrole nitrogens is 1. The Balaban J connectivity index is 1.36. The van der Waals surface area contributed by atoms with Crippen LogP contribution in [0.5, 0.6) is 5.88 Å². The maximum atomic E-state index is 12.6. The Labute approximate surface area is 156 Å². The zero-order valence-corrected chi connectivity index (χ0v) is 15.3. The summed E-state index contributed by atoms with van der Waals surface area (Å²) >= 11 is 6.03. The molecule has 5 nitrogen and oxygen atoms in total. The molecule has 0 aliphatic heterocycles. The van der Waals surface area contributed by atoms with Crippen molar-refractivity contribution in [2.75, 3.05) is 0 Å². The Morgan fingerprint density at radius 1 is 1.19 bits per heavy atom. The van der Waals surface area contributed by atoms with Crippen LogP contribution in [0.4, 0.5) is 5.69 Å². The molecule has 4 saturated carbocycles. The topological polar surface area (TPSA) is 77.8 Å². The van der Waals surface area contributed by atoms with Crippen LogP contribution in [-0.4, -0.2) is 16.0 Å². The zero-order chi connectivity index (χ0) is 17.9. The molecule has 0 atom stereocenters. The van der Waals surface area contributed by atoms with Gasteiger partial charge in [-0.1, -0.05) is 11.6 Å². The molecule has 0 unspecified atom stereocenters. The molecule has 1 heterocycles. The van der Waals surface area contributed by atoms with Gasteiger partial charge in [-0.05, 0) is 79.9 Å². The van der Waals surface area contributed by atoms with Crippen LogP contribution in [0.15, 0.2) is 28.4 Å². The number of azo groups is 1. The van der Waals surface area contributed by atoms with E-state index in [-0.39, 0.29) is 22.9 Å². The number of rotatable bonds is 3. The summed E-state index contributed by atoms with van der Waals surface area (Å²) in [6, 6.07) is 5.22. The molecule has 6 heteroatoms. The normalized spacial score (nSPS) is 32.7. The number of fused-ring (bicyclic) bond motifs is 1. The van der Waals surface area contributed by atoms with E-state index in [4.69, 9.17) is 11.6 Å². The van der Waals surface area contributed by atoms with Crippen molar-refractivity contribution in [1.82, 2.24) is 4.98 Å². The highest BCUT2D eigenvalue weighted by Crippen LogP contribution is 2.61. The van der Waals surface area contributed by atoms with Crippen molar-refractivity contribution in [3.8, 4) is 5.88 Å². The van der Waals surface area contributed by atoms with Crippen LogP contribution in [0.3, 0.4) is 0 Å². The second-order valence-corrected chi connectivity index (χ2v) is 9.14. The third-order valence-electron chi connectivity index (χ3n) is 6.67. The van der Waals surface area contributed by atoms with Gasteiger partial charge in [0.25, 0.3) is 5.91 Å². The molecule has 4 aliphatic carbocycles. The number of aromatic nitrogens is 1. The lowest BCUT2D eigenvalue weighted by Gasteiger charge is -2.56. The van der Waals surface area contributed by atoms with Crippen LogP contribution in [0.25, 0.3) is 10.9 Å². The lowest BCUT2D eigenvalue weighted by Crippen LogP contribution is -2.46. The van der Waals surface area contributed by atoms with Crippen molar-refractivity contribution in [3.63, 3.8) is 0 Å². The van der Waals surface area contributed by atoms with E-state index >= 15 is 0 Å². The number of nitrogens with one attached hydrogen (secondary N) is 1. The van der Waals surface area contributed by atoms with Gasteiger partial charge in [-0.25, -0.2) is 0 Å². The highest BCUT2D eigenvalue weighted by molar-refractivity contribution is 6.31. The molecular weight excluding hydrogens is 350 g/mol. The Morgan fingerprint density at radius 2 is 1.85 bits per heavy atom. The van der Waals surface area contributed by atoms with Crippen molar-refractivity contribution >= 4 is 34.1 Å². The predicted octanol–water partition coefficient (Wildman–Crippen LogP) is 5.74. The summed E-state index contributed by atoms with van der Waals surface area (Å²) in [6.07, 6.45) is 8.09. The summed E-state index contributed by atoms with van der Waals surface area (Å²) < 4.78 is 0. The number of carbonyl (C=O) groups is 1. The van der Waals surface area contributed by atoms with E-state index in [0.717, 1.165) is 23.3 Å². The highest BCUT2D eigenvalue weighted by atomic mass is 35.5. The van der Waals surface area contributed by atoms with Gasteiger partial charge in [0.15, 0.2) is 5.69 Å². The van der Waals surface area contributed by atoms with Crippen LogP contribution in [0.2, 0.25) is 5.02 Å². The van der Waals surface area contributed by atoms with Crippen molar-refractivity contribution < 1.29 is 9.90 Å². The molecule has 1 aromatic carbocycles. The van der Waals surface area contributed by atoms with Gasteiger partial charge in [-0.2, -0.15) is 0 Å². The predicted molar refractivity (Wildman–Crippen MR) is 99.7 cm³/mol. The lowest BCUT2D eigenvalue weighted by molar-refractivity contribution is -0.126. The number of benzene rings is 1. The van der Waals surface area contributed by atoms with Crippen LogP contribution in [0, 0.1) is 23.2 Å². The minimum atomic E-state index is -0.178. The lowest BCUT2D eigenvalue weighted by atomic mass is 9.49. The van der Waals surface area contributed by atoms with Crippen LogP contribution in [-0.2, 0) is 4.79 Å². The monoisotopic (exact) mass is 371 g/mol. The summed E-state index contributed by atoms with van der Waals surface area (Å²) in [4.78, 5) is 15.4. The van der Waals surface area contributed by atoms with Gasteiger partial charge in [0.05, 0.1) is 5.52 Å². The number of hydrogen-bond donors (Lipinski definition) is 2. The Hall–Kier alpha value is -1.88. The molecule has 0 spiro atoms. The number of aromatic hydroxyl groups is 1. The number of halogens is 1. The van der Waals surface area contributed by atoms with Crippen molar-refractivity contribution in [3.05, 3.63) is 23.2 Å². The first kappa shape index (κ1) is 16.3. The molecule has 136 valence electrons. The second-order valence-electron chi connectivity index (χ2n) is 8.70. The van der Waals surface area contributed by atoms with Crippen molar-refractivity contribution in [2.45, 2.75) is 44.9 Å². The van der Waals surface area contributed by atoms with Gasteiger partial charge in [-0.3, -0.25) is 4.79 Å². The molecule has 0 radical (unpaired) electrons. The summed E-state index contributed by atoms with van der Waals surface area (Å²) in [6.45, 7) is 0. The van der Waals surface area contributed by atoms with Gasteiger partial charge >= 0.3 is 0 Å². The number of carbonyl (C=O) groups excluding carboxylic acids is 1. The van der Waals surface area contributed by atoms with E-state index in [9.17, 15) is 9.90 Å². The second kappa shape index (κ2) is 5.81. The molecule has 0 saturated heterocycles. The Kier molecular flexibility index (Phi) is 3.64. The van der Waals surface area contributed by atoms with Gasteiger partial charge in [0, 0.05) is 16.8 Å². The number of hydrogen-bond acceptors (Lipinski definition) is 3. The van der Waals surface area contributed by atoms with E-state index in [1.165, 1.54) is 38.5 Å². The summed E-state index contributed by atoms with van der Waals surface area (Å²) in [5.41, 5.74) is 1.15. The first-order valence-electron chi connectivity index (χ1n) is 9.44. The molecule has 26 heavy (non-hydrogen) atoms. The molecule has 4 aliphatic rings. The highest BCUT2D eigenvalue weighted by Gasteiger charge is 2.51. The fraction of sp³-hybridized carbons (Fsp3) is 0.550. The van der Waals surface area contributed by atoms with Crippen LogP contribution in [0.1, 0.15) is 44.9 Å². The van der Waals surface area contributed by atoms with E-state index in [1.54, 1.807) is 18.2 Å². The van der Waals surface area contributed by atoms with Crippen molar-refractivity contribution in [1.29, 1.82) is 0 Å². The molecule has 4 bridgehead atoms. The van der Waals surface area contributed by atoms with Crippen LogP contribution < -0.4 is 0 Å². The third kappa shape index (κ3) is 2.73. The smallest absolute Gasteiger partial charge is 0.265 e. The van der Waals surface area contributed by atoms with E-state index < -0.39 is 0 Å². The minimum absolute atomic E-state index is 0.0892. The maximum Gasteiger partial charge on any atom is 0.265 e. The largest absolute Gasteiger partial charge is 0.493 e. The summed E-state index contributed by atoms with van der Waals surface area (Å²) in [5.74, 6) is 2.17. The molecule has 1 aromatic heterocycles. The van der Waals surface area contributed by atoms with Gasteiger partial charge in [0.2, 0.25) is 5.88 Å². The fourth-order valence-corrected chi connectivity index (χ4v) is 6.38. The average molecular weight is 372 g/mol. The fourth-order valence-electron chi connectivity index (χ4n) is 6.21. The van der Waals surface area contributed by atoms with E-state index in [1.807, 2.05) is 0 Å². The van der Waals surface area contributed by atoms with Gasteiger partial charge in [0.1, 0.15) is 0 Å². The summed E-state index contributed by atoms with van der Waals surface area (Å²) in [7, 11) is 0.